The van der Waals surface area contributed by atoms with E-state index < -0.39 is 22.0 Å². The van der Waals surface area contributed by atoms with Crippen LogP contribution in [-0.4, -0.2) is 53.6 Å². The summed E-state index contributed by atoms with van der Waals surface area (Å²) in [7, 11) is -3.65. The van der Waals surface area contributed by atoms with Crippen LogP contribution < -0.4 is 10.2 Å². The van der Waals surface area contributed by atoms with Crippen LogP contribution in [0.15, 0.2) is 65.3 Å². The van der Waals surface area contributed by atoms with E-state index in [9.17, 15) is 18.0 Å². The molecule has 1 atom stereocenters. The lowest BCUT2D eigenvalue weighted by atomic mass is 9.95. The third-order valence-corrected chi connectivity index (χ3v) is 10.2. The van der Waals surface area contributed by atoms with Gasteiger partial charge in [0.05, 0.1) is 11.1 Å². The van der Waals surface area contributed by atoms with Crippen molar-refractivity contribution in [3.05, 3.63) is 70.9 Å². The molecule has 5 rings (SSSR count). The molecule has 0 unspecified atom stereocenters. The molecule has 3 heterocycles. The third kappa shape index (κ3) is 6.21. The molecule has 1 saturated carbocycles. The molecule has 39 heavy (non-hydrogen) atoms. The molecular formula is C28H33N5O4S2. The standard InChI is InChI=1S/C28H33N5O4S2/c34-27(31-21-8-3-1-4-9-21)26(25-10-7-19-38-25)33(28(35)24-20-29-15-16-30-24)22-11-13-23(14-12-22)39(36,37)32-17-5-2-6-18-32/h7,10-16,19-21,26H,1-6,8-9,17-18H2,(H,31,34)/t26-/m1/s1. The van der Waals surface area contributed by atoms with Gasteiger partial charge >= 0.3 is 0 Å². The van der Waals surface area contributed by atoms with Crippen molar-refractivity contribution >= 4 is 38.9 Å². The van der Waals surface area contributed by atoms with Crippen LogP contribution in [0.4, 0.5) is 5.69 Å². The Labute approximate surface area is 233 Å². The first-order chi connectivity index (χ1) is 18.9. The Balaban J connectivity index is 1.52. The first-order valence-corrected chi connectivity index (χ1v) is 15.8. The fraction of sp³-hybridized carbons (Fsp3) is 0.429. The van der Waals surface area contributed by atoms with E-state index in [0.29, 0.717) is 23.7 Å². The van der Waals surface area contributed by atoms with Crippen LogP contribution in [0.5, 0.6) is 0 Å². The van der Waals surface area contributed by atoms with E-state index in [4.69, 9.17) is 0 Å². The molecule has 0 bridgehead atoms. The Kier molecular flexibility index (Phi) is 8.69. The lowest BCUT2D eigenvalue weighted by Gasteiger charge is -2.32. The molecule has 11 heteroatoms. The van der Waals surface area contributed by atoms with E-state index >= 15 is 0 Å². The van der Waals surface area contributed by atoms with Crippen LogP contribution in [0.3, 0.4) is 0 Å². The Morgan fingerprint density at radius 2 is 1.69 bits per heavy atom. The molecule has 2 amide bonds. The molecule has 1 N–H and O–H groups in total. The second kappa shape index (κ2) is 12.4. The summed E-state index contributed by atoms with van der Waals surface area (Å²) in [5.41, 5.74) is 0.495. The zero-order valence-corrected chi connectivity index (χ0v) is 23.4. The van der Waals surface area contributed by atoms with E-state index in [1.807, 2.05) is 17.5 Å². The van der Waals surface area contributed by atoms with Gasteiger partial charge in [0.25, 0.3) is 5.91 Å². The second-order valence-corrected chi connectivity index (χ2v) is 12.9. The van der Waals surface area contributed by atoms with Crippen LogP contribution in [0.1, 0.15) is 72.8 Å². The Hall–Kier alpha value is -3.15. The number of carbonyl (C=O) groups excluding carboxylic acids is 2. The highest BCUT2D eigenvalue weighted by atomic mass is 32.2. The number of nitrogens with one attached hydrogen (secondary N) is 1. The SMILES string of the molecule is O=C(NC1CCCCC1)[C@@H](c1cccs1)N(C(=O)c1cnccn1)c1ccc(S(=O)(=O)N2CCCCC2)cc1. The van der Waals surface area contributed by atoms with Gasteiger partial charge in [0.2, 0.25) is 15.9 Å². The fourth-order valence-electron chi connectivity index (χ4n) is 5.30. The first kappa shape index (κ1) is 27.4. The van der Waals surface area contributed by atoms with Crippen molar-refractivity contribution < 1.29 is 18.0 Å². The first-order valence-electron chi connectivity index (χ1n) is 13.5. The minimum atomic E-state index is -3.65. The molecular weight excluding hydrogens is 534 g/mol. The van der Waals surface area contributed by atoms with Crippen molar-refractivity contribution in [1.82, 2.24) is 19.6 Å². The molecule has 0 radical (unpaired) electrons. The predicted molar refractivity (Wildman–Crippen MR) is 150 cm³/mol. The molecule has 2 aromatic heterocycles. The maximum atomic E-state index is 13.9. The summed E-state index contributed by atoms with van der Waals surface area (Å²) in [6.45, 7) is 1.01. The monoisotopic (exact) mass is 567 g/mol. The van der Waals surface area contributed by atoms with E-state index in [2.05, 4.69) is 15.3 Å². The van der Waals surface area contributed by atoms with Gasteiger partial charge < -0.3 is 5.32 Å². The Morgan fingerprint density at radius 1 is 0.974 bits per heavy atom. The number of aromatic nitrogens is 2. The number of hydrogen-bond donors (Lipinski definition) is 1. The largest absolute Gasteiger partial charge is 0.351 e. The number of sulfonamides is 1. The maximum Gasteiger partial charge on any atom is 0.279 e. The molecule has 206 valence electrons. The number of benzene rings is 1. The Bertz CT molecular complexity index is 1350. The van der Waals surface area contributed by atoms with Gasteiger partial charge in [-0.1, -0.05) is 31.7 Å². The van der Waals surface area contributed by atoms with Crippen molar-refractivity contribution in [3.63, 3.8) is 0 Å². The average molecular weight is 568 g/mol. The molecule has 3 aromatic rings. The summed E-state index contributed by atoms with van der Waals surface area (Å²) in [5, 5.41) is 5.05. The zero-order chi connectivity index (χ0) is 27.2. The van der Waals surface area contributed by atoms with Crippen LogP contribution >= 0.6 is 11.3 Å². The topological polar surface area (TPSA) is 113 Å². The minimum Gasteiger partial charge on any atom is -0.351 e. The molecule has 0 spiro atoms. The van der Waals surface area contributed by atoms with E-state index in [1.165, 1.54) is 51.3 Å². The summed E-state index contributed by atoms with van der Waals surface area (Å²) in [6, 6.07) is 9.01. The highest BCUT2D eigenvalue weighted by Gasteiger charge is 2.36. The lowest BCUT2D eigenvalue weighted by molar-refractivity contribution is -0.123. The van der Waals surface area contributed by atoms with Gasteiger partial charge in [0, 0.05) is 42.1 Å². The highest BCUT2D eigenvalue weighted by Crippen LogP contribution is 2.33. The fourth-order valence-corrected chi connectivity index (χ4v) is 7.63. The number of anilines is 1. The van der Waals surface area contributed by atoms with Crippen molar-refractivity contribution in [1.29, 1.82) is 0 Å². The zero-order valence-electron chi connectivity index (χ0n) is 21.7. The quantitative estimate of drug-likeness (QED) is 0.427. The summed E-state index contributed by atoms with van der Waals surface area (Å²) in [6.07, 6.45) is 12.1. The summed E-state index contributed by atoms with van der Waals surface area (Å²) < 4.78 is 28.0. The number of nitrogens with zero attached hydrogens (tertiary/aromatic N) is 4. The molecule has 1 saturated heterocycles. The van der Waals surface area contributed by atoms with Crippen LogP contribution in [-0.2, 0) is 14.8 Å². The number of piperidine rings is 1. The number of amides is 2. The van der Waals surface area contributed by atoms with Gasteiger partial charge in [0.1, 0.15) is 5.69 Å². The van der Waals surface area contributed by atoms with Gasteiger partial charge in [-0.25, -0.2) is 13.4 Å². The van der Waals surface area contributed by atoms with Crippen LogP contribution in [0.25, 0.3) is 0 Å². The van der Waals surface area contributed by atoms with Crippen LogP contribution in [0, 0.1) is 0 Å². The van der Waals surface area contributed by atoms with Crippen molar-refractivity contribution in [2.45, 2.75) is 68.3 Å². The number of rotatable bonds is 8. The average Bonchev–Trinajstić information content (AvgIpc) is 3.51. The molecule has 1 aliphatic carbocycles. The summed E-state index contributed by atoms with van der Waals surface area (Å²) >= 11 is 1.39. The molecule has 2 fully saturated rings. The molecule has 1 aromatic carbocycles. The number of hydrogen-bond acceptors (Lipinski definition) is 7. The Morgan fingerprint density at radius 3 is 2.33 bits per heavy atom. The van der Waals surface area contributed by atoms with Crippen molar-refractivity contribution in [2.75, 3.05) is 18.0 Å². The van der Waals surface area contributed by atoms with Gasteiger partial charge in [-0.05, 0) is 61.4 Å². The normalized spacial score (nSPS) is 17.8. The second-order valence-electron chi connectivity index (χ2n) is 9.99. The van der Waals surface area contributed by atoms with Crippen molar-refractivity contribution in [3.8, 4) is 0 Å². The predicted octanol–water partition coefficient (Wildman–Crippen LogP) is 4.55. The maximum absolute atomic E-state index is 13.9. The summed E-state index contributed by atoms with van der Waals surface area (Å²) in [5.74, 6) is -0.765. The molecule has 1 aliphatic heterocycles. The van der Waals surface area contributed by atoms with Crippen LogP contribution in [0.2, 0.25) is 0 Å². The van der Waals surface area contributed by atoms with E-state index in [-0.39, 0.29) is 22.5 Å². The highest BCUT2D eigenvalue weighted by molar-refractivity contribution is 7.89. The lowest BCUT2D eigenvalue weighted by Crippen LogP contribution is -2.47. The number of carbonyl (C=O) groups is 2. The minimum absolute atomic E-state index is 0.0549. The molecule has 2 aliphatic rings. The van der Waals surface area contributed by atoms with E-state index in [1.54, 1.807) is 12.1 Å². The molecule has 9 nitrogen and oxygen atoms in total. The smallest absolute Gasteiger partial charge is 0.279 e. The van der Waals surface area contributed by atoms with Gasteiger partial charge in [-0.15, -0.1) is 11.3 Å². The van der Waals surface area contributed by atoms with Gasteiger partial charge in [-0.3, -0.25) is 19.5 Å². The number of thiophene rings is 1. The van der Waals surface area contributed by atoms with Gasteiger partial charge in [0.15, 0.2) is 6.04 Å². The van der Waals surface area contributed by atoms with E-state index in [0.717, 1.165) is 51.4 Å². The van der Waals surface area contributed by atoms with Crippen molar-refractivity contribution in [2.24, 2.45) is 0 Å². The third-order valence-electron chi connectivity index (χ3n) is 7.34. The van der Waals surface area contributed by atoms with Gasteiger partial charge in [-0.2, -0.15) is 4.31 Å². The summed E-state index contributed by atoms with van der Waals surface area (Å²) in [4.78, 5) is 38.3.